The highest BCUT2D eigenvalue weighted by Crippen LogP contribution is 2.17. The van der Waals surface area contributed by atoms with Crippen LogP contribution < -0.4 is 15.5 Å². The Balaban J connectivity index is 0.00000341. The first-order valence-corrected chi connectivity index (χ1v) is 10.9. The lowest BCUT2D eigenvalue weighted by atomic mass is 10.1. The highest BCUT2D eigenvalue weighted by Gasteiger charge is 2.14. The van der Waals surface area contributed by atoms with Gasteiger partial charge < -0.3 is 20.3 Å². The number of morpholine rings is 1. The van der Waals surface area contributed by atoms with Gasteiger partial charge in [0.15, 0.2) is 5.96 Å². The number of nitrogens with zero attached hydrogens (tertiary/aromatic N) is 4. The third-order valence-corrected chi connectivity index (χ3v) is 5.63. The molecule has 0 aliphatic carbocycles. The summed E-state index contributed by atoms with van der Waals surface area (Å²) in [6.07, 6.45) is 0.921. The standard InChI is InChI=1S/C23H36N6O.HI/c1-6-24-23(26-17(2)15-22-18(3)27-28(5)19(22)4)25-16-20-7-9-21(10-8-20)29-11-13-30-14-12-29;/h7-10,17H,6,11-16H2,1-5H3,(H2,24,25,26);1H. The summed E-state index contributed by atoms with van der Waals surface area (Å²) in [4.78, 5) is 7.16. The van der Waals surface area contributed by atoms with Crippen molar-refractivity contribution in [1.29, 1.82) is 0 Å². The largest absolute Gasteiger partial charge is 0.378 e. The summed E-state index contributed by atoms with van der Waals surface area (Å²) >= 11 is 0. The molecule has 2 heterocycles. The number of nitrogens with one attached hydrogen (secondary N) is 2. The summed E-state index contributed by atoms with van der Waals surface area (Å²) in [7, 11) is 2.00. The Hall–Kier alpha value is -1.81. The van der Waals surface area contributed by atoms with Gasteiger partial charge in [-0.25, -0.2) is 4.99 Å². The van der Waals surface area contributed by atoms with Crippen LogP contribution in [0.15, 0.2) is 29.3 Å². The Morgan fingerprint density at radius 2 is 1.87 bits per heavy atom. The molecule has 0 amide bonds. The van der Waals surface area contributed by atoms with E-state index in [1.165, 1.54) is 22.5 Å². The molecule has 172 valence electrons. The monoisotopic (exact) mass is 540 g/mol. The minimum absolute atomic E-state index is 0. The first-order valence-electron chi connectivity index (χ1n) is 10.9. The van der Waals surface area contributed by atoms with Crippen molar-refractivity contribution in [2.45, 2.75) is 46.7 Å². The molecule has 1 aliphatic heterocycles. The van der Waals surface area contributed by atoms with Crippen LogP contribution in [0.4, 0.5) is 5.69 Å². The van der Waals surface area contributed by atoms with E-state index < -0.39 is 0 Å². The molecule has 1 unspecified atom stereocenters. The van der Waals surface area contributed by atoms with Gasteiger partial charge in [0, 0.05) is 44.1 Å². The van der Waals surface area contributed by atoms with E-state index >= 15 is 0 Å². The summed E-state index contributed by atoms with van der Waals surface area (Å²) < 4.78 is 7.39. The Kier molecular flexibility index (Phi) is 10.1. The second-order valence-electron chi connectivity index (χ2n) is 7.98. The minimum Gasteiger partial charge on any atom is -0.378 e. The molecule has 1 aromatic carbocycles. The zero-order chi connectivity index (χ0) is 21.5. The van der Waals surface area contributed by atoms with E-state index in [4.69, 9.17) is 9.73 Å². The smallest absolute Gasteiger partial charge is 0.191 e. The molecule has 7 nitrogen and oxygen atoms in total. The van der Waals surface area contributed by atoms with Crippen molar-refractivity contribution < 1.29 is 4.74 Å². The van der Waals surface area contributed by atoms with Crippen molar-refractivity contribution in [2.24, 2.45) is 12.0 Å². The number of halogens is 1. The van der Waals surface area contributed by atoms with Crippen LogP contribution in [-0.2, 0) is 24.8 Å². The Bertz CT molecular complexity index is 842. The zero-order valence-corrected chi connectivity index (χ0v) is 21.8. The number of rotatable bonds is 7. The van der Waals surface area contributed by atoms with Gasteiger partial charge in [-0.3, -0.25) is 4.68 Å². The summed E-state index contributed by atoms with van der Waals surface area (Å²) in [6, 6.07) is 8.97. The molecule has 0 saturated carbocycles. The molecule has 2 N–H and O–H groups in total. The number of aryl methyl sites for hydroxylation is 2. The lowest BCUT2D eigenvalue weighted by molar-refractivity contribution is 0.122. The molecule has 0 bridgehead atoms. The van der Waals surface area contributed by atoms with Gasteiger partial charge >= 0.3 is 0 Å². The molecule has 3 rings (SSSR count). The van der Waals surface area contributed by atoms with Crippen molar-refractivity contribution in [3.63, 3.8) is 0 Å². The van der Waals surface area contributed by atoms with Gasteiger partial charge in [0.2, 0.25) is 0 Å². The average molecular weight is 540 g/mol. The van der Waals surface area contributed by atoms with Gasteiger partial charge in [-0.2, -0.15) is 5.10 Å². The molecule has 8 heteroatoms. The first kappa shape index (κ1) is 25.5. The average Bonchev–Trinajstić information content (AvgIpc) is 2.99. The fourth-order valence-corrected chi connectivity index (χ4v) is 3.83. The van der Waals surface area contributed by atoms with Gasteiger partial charge in [-0.05, 0) is 57.4 Å². The minimum atomic E-state index is 0. The number of benzene rings is 1. The van der Waals surface area contributed by atoms with Crippen molar-refractivity contribution >= 4 is 35.6 Å². The predicted octanol–water partition coefficient (Wildman–Crippen LogP) is 3.18. The van der Waals surface area contributed by atoms with Gasteiger partial charge in [0.05, 0.1) is 25.5 Å². The molecule has 1 saturated heterocycles. The fraction of sp³-hybridized carbons (Fsp3) is 0.565. The van der Waals surface area contributed by atoms with Crippen molar-refractivity contribution in [3.05, 3.63) is 46.8 Å². The summed E-state index contributed by atoms with van der Waals surface area (Å²) in [5, 5.41) is 11.4. The second kappa shape index (κ2) is 12.3. The van der Waals surface area contributed by atoms with Gasteiger partial charge in [0.25, 0.3) is 0 Å². The molecule has 1 aromatic heterocycles. The lowest BCUT2D eigenvalue weighted by Gasteiger charge is -2.28. The Morgan fingerprint density at radius 3 is 2.45 bits per heavy atom. The molecule has 1 fully saturated rings. The van der Waals surface area contributed by atoms with E-state index in [0.29, 0.717) is 6.54 Å². The van der Waals surface area contributed by atoms with Gasteiger partial charge in [-0.15, -0.1) is 24.0 Å². The number of guanidine groups is 1. The molecular formula is C23H37IN6O. The quantitative estimate of drug-likeness (QED) is 0.321. The van der Waals surface area contributed by atoms with E-state index in [2.05, 4.69) is 72.6 Å². The molecule has 0 spiro atoms. The van der Waals surface area contributed by atoms with Crippen LogP contribution in [0.25, 0.3) is 0 Å². The SMILES string of the molecule is CCNC(=NCc1ccc(N2CCOCC2)cc1)NC(C)Cc1c(C)nn(C)c1C.I. The maximum Gasteiger partial charge on any atom is 0.191 e. The normalized spacial score (nSPS) is 15.4. The lowest BCUT2D eigenvalue weighted by Crippen LogP contribution is -2.43. The van der Waals surface area contributed by atoms with Crippen molar-refractivity contribution in [1.82, 2.24) is 20.4 Å². The maximum atomic E-state index is 5.44. The van der Waals surface area contributed by atoms with Crippen LogP contribution in [0.5, 0.6) is 0 Å². The van der Waals surface area contributed by atoms with Crippen LogP contribution in [0.1, 0.15) is 36.4 Å². The van der Waals surface area contributed by atoms with E-state index in [1.54, 1.807) is 0 Å². The van der Waals surface area contributed by atoms with Crippen LogP contribution in [0, 0.1) is 13.8 Å². The Labute approximate surface area is 203 Å². The number of anilines is 1. The summed E-state index contributed by atoms with van der Waals surface area (Å²) in [5.74, 6) is 0.849. The molecule has 31 heavy (non-hydrogen) atoms. The van der Waals surface area contributed by atoms with E-state index in [0.717, 1.165) is 50.9 Å². The highest BCUT2D eigenvalue weighted by atomic mass is 127. The van der Waals surface area contributed by atoms with Crippen molar-refractivity contribution in [3.8, 4) is 0 Å². The molecule has 1 aliphatic rings. The maximum absolute atomic E-state index is 5.44. The van der Waals surface area contributed by atoms with Crippen molar-refractivity contribution in [2.75, 3.05) is 37.7 Å². The number of hydrogen-bond donors (Lipinski definition) is 2. The number of hydrogen-bond acceptors (Lipinski definition) is 4. The first-order chi connectivity index (χ1) is 14.5. The highest BCUT2D eigenvalue weighted by molar-refractivity contribution is 14.0. The third kappa shape index (κ3) is 7.10. The van der Waals surface area contributed by atoms with Crippen LogP contribution in [0.2, 0.25) is 0 Å². The summed E-state index contributed by atoms with van der Waals surface area (Å²) in [6.45, 7) is 13.5. The molecule has 1 atom stereocenters. The second-order valence-corrected chi connectivity index (χ2v) is 7.98. The topological polar surface area (TPSA) is 66.7 Å². The number of ether oxygens (including phenoxy) is 1. The number of aromatic nitrogens is 2. The molecule has 0 radical (unpaired) electrons. The summed E-state index contributed by atoms with van der Waals surface area (Å²) in [5.41, 5.74) is 6.10. The third-order valence-electron chi connectivity index (χ3n) is 5.63. The van der Waals surface area contributed by atoms with Gasteiger partial charge in [-0.1, -0.05) is 12.1 Å². The molecule has 2 aromatic rings. The van der Waals surface area contributed by atoms with Gasteiger partial charge in [0.1, 0.15) is 0 Å². The van der Waals surface area contributed by atoms with Crippen LogP contribution >= 0.6 is 24.0 Å². The van der Waals surface area contributed by atoms with E-state index in [1.807, 2.05) is 11.7 Å². The number of aliphatic imine (C=N–C) groups is 1. The van der Waals surface area contributed by atoms with E-state index in [-0.39, 0.29) is 30.0 Å². The van der Waals surface area contributed by atoms with E-state index in [9.17, 15) is 0 Å². The predicted molar refractivity (Wildman–Crippen MR) is 139 cm³/mol. The van der Waals surface area contributed by atoms with Crippen LogP contribution in [0.3, 0.4) is 0 Å². The Morgan fingerprint density at radius 1 is 1.19 bits per heavy atom. The fourth-order valence-electron chi connectivity index (χ4n) is 3.83. The zero-order valence-electron chi connectivity index (χ0n) is 19.4. The molecular weight excluding hydrogens is 503 g/mol. The van der Waals surface area contributed by atoms with Crippen LogP contribution in [-0.4, -0.2) is 54.6 Å².